The van der Waals surface area contributed by atoms with Crippen molar-refractivity contribution in [3.63, 3.8) is 0 Å². The van der Waals surface area contributed by atoms with Gasteiger partial charge in [-0.2, -0.15) is 0 Å². The minimum Gasteiger partial charge on any atom is -0.492 e. The number of hydrogen-bond acceptors (Lipinski definition) is 18. The van der Waals surface area contributed by atoms with Crippen LogP contribution in [0.3, 0.4) is 0 Å². The van der Waals surface area contributed by atoms with Gasteiger partial charge >= 0.3 is 36.6 Å². The Morgan fingerprint density at radius 2 is 0.659 bits per heavy atom. The van der Waals surface area contributed by atoms with Gasteiger partial charge in [0.25, 0.3) is 0 Å². The number of ether oxygens (including phenoxy) is 9. The molecule has 6 amide bonds. The highest BCUT2D eigenvalue weighted by atomic mass is 16.6. The van der Waals surface area contributed by atoms with Gasteiger partial charge in [0, 0.05) is 130 Å². The Morgan fingerprint density at radius 1 is 0.400 bits per heavy atom. The molecule has 2 saturated heterocycles. The molecule has 0 aromatic heterocycles. The molecule has 0 aromatic rings. The van der Waals surface area contributed by atoms with Gasteiger partial charge in [-0.05, 0) is 143 Å². The lowest BCUT2D eigenvalue weighted by Crippen LogP contribution is -2.52. The second-order valence-corrected chi connectivity index (χ2v) is 28.4. The summed E-state index contributed by atoms with van der Waals surface area (Å²) in [5.74, 6) is 0.622. The summed E-state index contributed by atoms with van der Waals surface area (Å²) in [5, 5.41) is 0. The summed E-state index contributed by atoms with van der Waals surface area (Å²) in [5.41, 5.74) is 1.23. The zero-order chi connectivity index (χ0) is 64.2. The van der Waals surface area contributed by atoms with Crippen LogP contribution in [-0.2, 0) is 42.6 Å². The summed E-state index contributed by atoms with van der Waals surface area (Å²) in [6.45, 7) is 40.9. The van der Waals surface area contributed by atoms with Crippen LogP contribution in [0.5, 0.6) is 0 Å². The monoisotopic (exact) mass is 1210 g/mol. The topological polar surface area (TPSA) is 237 Å². The van der Waals surface area contributed by atoms with Crippen molar-refractivity contribution in [2.75, 3.05) is 157 Å². The van der Waals surface area contributed by atoms with Gasteiger partial charge in [0.15, 0.2) is 0 Å². The summed E-state index contributed by atoms with van der Waals surface area (Å²) in [6, 6.07) is 0. The summed E-state index contributed by atoms with van der Waals surface area (Å²) in [6.07, 6.45) is 1.47. The maximum Gasteiger partial charge on any atom is 0.410 e. The fraction of sp³-hybridized carbons (Fsp3) is 0.836. The van der Waals surface area contributed by atoms with Crippen LogP contribution in [0.15, 0.2) is 23.5 Å². The average Bonchev–Trinajstić information content (AvgIpc) is 2.78. The number of nitrogens with zero attached hydrogens (tertiary/aromatic N) is 8. The van der Waals surface area contributed by atoms with Crippen LogP contribution in [0.4, 0.5) is 28.8 Å². The number of allylic oxidation sites excluding steroid dienone is 1. The molecule has 1 aliphatic carbocycles. The van der Waals surface area contributed by atoms with Crippen LogP contribution in [0.1, 0.15) is 138 Å². The van der Waals surface area contributed by atoms with Gasteiger partial charge in [0.1, 0.15) is 46.0 Å². The third-order valence-corrected chi connectivity index (χ3v) is 12.8. The van der Waals surface area contributed by atoms with E-state index >= 15 is 0 Å². The largest absolute Gasteiger partial charge is 0.492 e. The lowest BCUT2D eigenvalue weighted by atomic mass is 9.78. The third kappa shape index (κ3) is 31.3. The molecule has 1 unspecified atom stereocenters. The molecule has 2 N–H and O–H groups in total. The molecule has 85 heavy (non-hydrogen) atoms. The van der Waals surface area contributed by atoms with Gasteiger partial charge in [-0.25, -0.2) is 28.8 Å². The van der Waals surface area contributed by atoms with Crippen molar-refractivity contribution in [3.05, 3.63) is 23.5 Å². The molecule has 2 heterocycles. The van der Waals surface area contributed by atoms with Crippen molar-refractivity contribution in [1.29, 1.82) is 0 Å². The molecule has 0 spiro atoms. The Hall–Kier alpha value is -5.30. The number of nitrogens with two attached hydrogens (primary N) is 1. The molecule has 0 aromatic carbocycles. The van der Waals surface area contributed by atoms with Crippen molar-refractivity contribution in [2.24, 2.45) is 11.1 Å². The maximum absolute atomic E-state index is 14.0. The quantitative estimate of drug-likeness (QED) is 0.135. The van der Waals surface area contributed by atoms with Gasteiger partial charge < -0.3 is 77.8 Å². The standard InChI is InChI=1S/C61H111N9O15/c1-55(2,3)80-49(71)65-25-21-63(22-26-66(50(72)81-56(4,5)6)30-34-69(33-29-65)53(75)84-59(13,14)15)45-47-42-48(79-41-40-78-39-38-77-37-20-62)44-61(19,43-47)46-64-23-27-67(51(73)82-57(7,8)9)31-35-70(54(76)85-60(16,17)18)36-32-68(28-24-64)52(74)83-58(10,11)12/h42,44H,20-41,43,45-46,62H2,1-19H3. The molecule has 24 nitrogen and oxygen atoms in total. The van der Waals surface area contributed by atoms with Gasteiger partial charge in [-0.3, -0.25) is 9.80 Å². The first-order chi connectivity index (χ1) is 39.1. The lowest BCUT2D eigenvalue weighted by Gasteiger charge is -2.40. The first-order valence-electron chi connectivity index (χ1n) is 30.3. The predicted molar refractivity (Wildman–Crippen MR) is 325 cm³/mol. The van der Waals surface area contributed by atoms with Crippen LogP contribution in [0.25, 0.3) is 0 Å². The first-order valence-corrected chi connectivity index (χ1v) is 30.3. The Balaban J connectivity index is 2.14. The van der Waals surface area contributed by atoms with Crippen molar-refractivity contribution in [2.45, 2.75) is 172 Å². The van der Waals surface area contributed by atoms with Crippen molar-refractivity contribution in [1.82, 2.24) is 39.2 Å². The zero-order valence-corrected chi connectivity index (χ0v) is 55.6. The van der Waals surface area contributed by atoms with Gasteiger partial charge in [-0.1, -0.05) is 12.5 Å². The summed E-state index contributed by atoms with van der Waals surface area (Å²) >= 11 is 0. The minimum atomic E-state index is -0.795. The molecule has 1 atom stereocenters. The van der Waals surface area contributed by atoms with Gasteiger partial charge in [-0.15, -0.1) is 0 Å². The molecule has 3 aliphatic rings. The highest BCUT2D eigenvalue weighted by molar-refractivity contribution is 5.72. The Labute approximate surface area is 509 Å². The SMILES string of the molecule is CC1(CN2CCN(C(=O)OC(C)(C)C)CCN(C(=O)OC(C)(C)C)CCN(C(=O)OC(C)(C)C)CC2)C=C(OCCOCCOCCN)C=C(CN2CCN(C(=O)OC(C)(C)C)CCN(C(=O)OC(C)(C)C)CCN(C(=O)OC(C)(C)C)CC2)C1. The summed E-state index contributed by atoms with van der Waals surface area (Å²) in [7, 11) is 0. The van der Waals surface area contributed by atoms with E-state index in [9.17, 15) is 28.8 Å². The van der Waals surface area contributed by atoms with E-state index in [-0.39, 0.29) is 85.1 Å². The molecule has 2 aliphatic heterocycles. The van der Waals surface area contributed by atoms with Crippen LogP contribution < -0.4 is 5.73 Å². The first kappa shape index (κ1) is 74.0. The van der Waals surface area contributed by atoms with E-state index < -0.39 is 75.6 Å². The van der Waals surface area contributed by atoms with E-state index in [4.69, 9.17) is 48.4 Å². The van der Waals surface area contributed by atoms with E-state index in [1.165, 1.54) is 9.80 Å². The smallest absolute Gasteiger partial charge is 0.410 e. The van der Waals surface area contributed by atoms with Crippen LogP contribution in [0.2, 0.25) is 0 Å². The Morgan fingerprint density at radius 3 is 0.941 bits per heavy atom. The normalized spacial score (nSPS) is 19.7. The molecule has 3 rings (SSSR count). The highest BCUT2D eigenvalue weighted by Gasteiger charge is 2.36. The second kappa shape index (κ2) is 32.6. The van der Waals surface area contributed by atoms with Crippen molar-refractivity contribution >= 4 is 36.6 Å². The summed E-state index contributed by atoms with van der Waals surface area (Å²) in [4.78, 5) is 97.5. The molecular formula is C61H111N9O15. The van der Waals surface area contributed by atoms with Crippen molar-refractivity contribution in [3.8, 4) is 0 Å². The molecular weight excluding hydrogens is 1100 g/mol. The molecule has 0 saturated carbocycles. The molecule has 0 bridgehead atoms. The predicted octanol–water partition coefficient (Wildman–Crippen LogP) is 8.27. The fourth-order valence-electron chi connectivity index (χ4n) is 9.19. The molecule has 24 heteroatoms. The van der Waals surface area contributed by atoms with Crippen LogP contribution in [0, 0.1) is 5.41 Å². The van der Waals surface area contributed by atoms with E-state index in [0.717, 1.165) is 5.57 Å². The van der Waals surface area contributed by atoms with Gasteiger partial charge in [0.05, 0.1) is 26.4 Å². The summed E-state index contributed by atoms with van der Waals surface area (Å²) < 4.78 is 53.3. The average molecular weight is 1210 g/mol. The van der Waals surface area contributed by atoms with Crippen LogP contribution >= 0.6 is 0 Å². The molecule has 2 fully saturated rings. The number of carbonyl (C=O) groups excluding carboxylic acids is 6. The number of rotatable bonds is 13. The van der Waals surface area contributed by atoms with Crippen LogP contribution in [-0.4, -0.2) is 267 Å². The third-order valence-electron chi connectivity index (χ3n) is 12.8. The van der Waals surface area contributed by atoms with E-state index in [0.29, 0.717) is 84.4 Å². The maximum atomic E-state index is 14.0. The Bertz CT molecular complexity index is 2120. The van der Waals surface area contributed by atoms with E-state index in [2.05, 4.69) is 22.8 Å². The highest BCUT2D eigenvalue weighted by Crippen LogP contribution is 2.36. The molecule has 0 radical (unpaired) electrons. The fourth-order valence-corrected chi connectivity index (χ4v) is 9.19. The lowest BCUT2D eigenvalue weighted by molar-refractivity contribution is 0.00386. The second-order valence-electron chi connectivity index (χ2n) is 28.4. The van der Waals surface area contributed by atoms with Gasteiger partial charge in [0.2, 0.25) is 0 Å². The number of hydrogen-bond donors (Lipinski definition) is 1. The molecule has 490 valence electrons. The number of amides is 6. The number of carbonyl (C=O) groups is 6. The van der Waals surface area contributed by atoms with Crippen molar-refractivity contribution < 1.29 is 71.4 Å². The minimum absolute atomic E-state index is 0.113. The Kier molecular flexibility index (Phi) is 28.4. The van der Waals surface area contributed by atoms with E-state index in [1.807, 2.05) is 89.2 Å². The van der Waals surface area contributed by atoms with E-state index in [1.54, 1.807) is 61.1 Å². The zero-order valence-electron chi connectivity index (χ0n) is 55.6.